The molecule has 2 aromatic carbocycles. The highest BCUT2D eigenvalue weighted by Crippen LogP contribution is 2.34. The van der Waals surface area contributed by atoms with Gasteiger partial charge >= 0.3 is 0 Å². The first kappa shape index (κ1) is 26.7. The molecule has 1 aliphatic heterocycles. The molecule has 0 aliphatic carbocycles. The summed E-state index contributed by atoms with van der Waals surface area (Å²) in [5, 5.41) is 19.3. The highest BCUT2D eigenvalue weighted by Gasteiger charge is 2.38. The summed E-state index contributed by atoms with van der Waals surface area (Å²) in [6.07, 6.45) is -1.37. The SMILES string of the molecule is C[C@@H](O)C#Cc1ccc2c(c1)O[C@@H](CN(C)C(=O)c1ccccc1)[C@@H](C)CN([C@@H](C)CO)S2(=O)=O. The van der Waals surface area contributed by atoms with E-state index in [0.29, 0.717) is 11.1 Å². The van der Waals surface area contributed by atoms with Crippen LogP contribution in [0.2, 0.25) is 0 Å². The second-order valence-corrected chi connectivity index (χ2v) is 10.8. The van der Waals surface area contributed by atoms with Gasteiger partial charge in [0.25, 0.3) is 5.91 Å². The van der Waals surface area contributed by atoms with E-state index in [2.05, 4.69) is 11.8 Å². The Balaban J connectivity index is 2.02. The van der Waals surface area contributed by atoms with Crippen LogP contribution >= 0.6 is 0 Å². The van der Waals surface area contributed by atoms with Gasteiger partial charge in [-0.2, -0.15) is 4.31 Å². The number of rotatable bonds is 5. The summed E-state index contributed by atoms with van der Waals surface area (Å²) in [6, 6.07) is 12.8. The normalized spacial score (nSPS) is 21.2. The molecule has 2 aromatic rings. The number of aliphatic hydroxyl groups excluding tert-OH is 2. The number of fused-ring (bicyclic) bond motifs is 1. The van der Waals surface area contributed by atoms with Gasteiger partial charge in [0, 0.05) is 36.7 Å². The fraction of sp³-hybridized carbons (Fsp3) is 0.423. The molecule has 0 aromatic heterocycles. The maximum Gasteiger partial charge on any atom is 0.253 e. The van der Waals surface area contributed by atoms with Gasteiger partial charge in [0.2, 0.25) is 10.0 Å². The van der Waals surface area contributed by atoms with Gasteiger partial charge in [-0.15, -0.1) is 0 Å². The number of amides is 1. The molecule has 0 bridgehead atoms. The minimum Gasteiger partial charge on any atom is -0.487 e. The zero-order valence-electron chi connectivity index (χ0n) is 20.4. The molecular formula is C26H32N2O6S. The lowest BCUT2D eigenvalue weighted by Gasteiger charge is -2.37. The van der Waals surface area contributed by atoms with Crippen molar-refractivity contribution < 1.29 is 28.2 Å². The van der Waals surface area contributed by atoms with E-state index in [1.165, 1.54) is 23.4 Å². The second kappa shape index (κ2) is 11.2. The summed E-state index contributed by atoms with van der Waals surface area (Å²) in [6.45, 7) is 5.05. The summed E-state index contributed by atoms with van der Waals surface area (Å²) in [4.78, 5) is 14.5. The predicted octanol–water partition coefficient (Wildman–Crippen LogP) is 1.96. The molecule has 0 unspecified atom stereocenters. The fourth-order valence-electron chi connectivity index (χ4n) is 3.86. The van der Waals surface area contributed by atoms with Crippen LogP contribution in [0, 0.1) is 17.8 Å². The van der Waals surface area contributed by atoms with Crippen LogP contribution in [0.15, 0.2) is 53.4 Å². The summed E-state index contributed by atoms with van der Waals surface area (Å²) >= 11 is 0. The third-order valence-corrected chi connectivity index (χ3v) is 7.93. The van der Waals surface area contributed by atoms with Gasteiger partial charge in [0.1, 0.15) is 22.9 Å². The molecule has 0 radical (unpaired) electrons. The van der Waals surface area contributed by atoms with Crippen molar-refractivity contribution in [1.82, 2.24) is 9.21 Å². The number of sulfonamides is 1. The van der Waals surface area contributed by atoms with E-state index in [1.807, 2.05) is 13.0 Å². The van der Waals surface area contributed by atoms with Crippen molar-refractivity contribution in [3.63, 3.8) is 0 Å². The molecule has 0 fully saturated rings. The lowest BCUT2D eigenvalue weighted by molar-refractivity contribution is 0.0563. The molecule has 2 N–H and O–H groups in total. The maximum atomic E-state index is 13.5. The van der Waals surface area contributed by atoms with Gasteiger partial charge in [-0.1, -0.05) is 37.0 Å². The van der Waals surface area contributed by atoms with E-state index in [0.717, 1.165) is 0 Å². The Morgan fingerprint density at radius 2 is 1.91 bits per heavy atom. The number of likely N-dealkylation sites (N-methyl/N-ethyl adjacent to an activating group) is 1. The van der Waals surface area contributed by atoms with Crippen LogP contribution in [-0.2, 0) is 10.0 Å². The zero-order chi connectivity index (χ0) is 25.8. The first-order chi connectivity index (χ1) is 16.5. The molecule has 0 saturated heterocycles. The number of aliphatic hydroxyl groups is 2. The van der Waals surface area contributed by atoms with Gasteiger partial charge in [0.05, 0.1) is 13.2 Å². The Kier molecular flexibility index (Phi) is 8.56. The van der Waals surface area contributed by atoms with E-state index in [9.17, 15) is 23.4 Å². The highest BCUT2D eigenvalue weighted by atomic mass is 32.2. The molecule has 0 spiro atoms. The average molecular weight is 501 g/mol. The number of benzene rings is 2. The number of hydrogen-bond donors (Lipinski definition) is 2. The Morgan fingerprint density at radius 1 is 1.23 bits per heavy atom. The lowest BCUT2D eigenvalue weighted by atomic mass is 10.0. The van der Waals surface area contributed by atoms with E-state index in [4.69, 9.17) is 4.74 Å². The first-order valence-electron chi connectivity index (χ1n) is 11.5. The first-order valence-corrected chi connectivity index (χ1v) is 12.9. The number of nitrogens with zero attached hydrogens (tertiary/aromatic N) is 2. The van der Waals surface area contributed by atoms with Gasteiger partial charge in [0.15, 0.2) is 0 Å². The summed E-state index contributed by atoms with van der Waals surface area (Å²) in [5.74, 6) is 5.11. The molecule has 0 saturated carbocycles. The van der Waals surface area contributed by atoms with E-state index < -0.39 is 28.3 Å². The van der Waals surface area contributed by atoms with Crippen LogP contribution in [0.1, 0.15) is 36.7 Å². The molecule has 3 rings (SSSR count). The van der Waals surface area contributed by atoms with E-state index in [-0.39, 0.29) is 42.2 Å². The molecule has 188 valence electrons. The maximum absolute atomic E-state index is 13.5. The standard InChI is InChI=1S/C26H32N2O6S/c1-18-15-28(19(2)17-29)35(32,33)25-13-12-21(11-10-20(3)30)14-23(25)34-24(18)16-27(4)26(31)22-8-6-5-7-9-22/h5-9,12-14,18-20,24,29-30H,15-17H2,1-4H3/t18-,19-,20+,24-/m0/s1. The smallest absolute Gasteiger partial charge is 0.253 e. The van der Waals surface area contributed by atoms with E-state index in [1.54, 1.807) is 49.2 Å². The van der Waals surface area contributed by atoms with Crippen LogP contribution in [0.25, 0.3) is 0 Å². The Morgan fingerprint density at radius 3 is 2.54 bits per heavy atom. The zero-order valence-corrected chi connectivity index (χ0v) is 21.2. The van der Waals surface area contributed by atoms with E-state index >= 15 is 0 Å². The minimum atomic E-state index is -3.98. The van der Waals surface area contributed by atoms with Crippen LogP contribution < -0.4 is 4.74 Å². The minimum absolute atomic E-state index is 0.0330. The third-order valence-electron chi connectivity index (χ3n) is 5.91. The van der Waals surface area contributed by atoms with Gasteiger partial charge in [-0.3, -0.25) is 4.79 Å². The third kappa shape index (κ3) is 6.21. The molecule has 35 heavy (non-hydrogen) atoms. The molecule has 1 heterocycles. The largest absolute Gasteiger partial charge is 0.487 e. The van der Waals surface area contributed by atoms with Crippen molar-refractivity contribution in [3.05, 3.63) is 59.7 Å². The molecule has 8 nitrogen and oxygen atoms in total. The fourth-order valence-corrected chi connectivity index (χ4v) is 5.69. The molecule has 1 aliphatic rings. The number of hydrogen-bond acceptors (Lipinski definition) is 6. The summed E-state index contributed by atoms with van der Waals surface area (Å²) < 4.78 is 34.6. The average Bonchev–Trinajstić information content (AvgIpc) is 2.84. The molecular weight excluding hydrogens is 468 g/mol. The number of carbonyl (C=O) groups is 1. The van der Waals surface area contributed by atoms with Gasteiger partial charge < -0.3 is 19.8 Å². The van der Waals surface area contributed by atoms with Crippen molar-refractivity contribution in [2.75, 3.05) is 26.7 Å². The van der Waals surface area contributed by atoms with Gasteiger partial charge in [-0.05, 0) is 44.2 Å². The Labute approximate surface area is 207 Å². The monoisotopic (exact) mass is 500 g/mol. The highest BCUT2D eigenvalue weighted by molar-refractivity contribution is 7.89. The van der Waals surface area contributed by atoms with Crippen molar-refractivity contribution in [1.29, 1.82) is 0 Å². The molecule has 9 heteroatoms. The number of ether oxygens (including phenoxy) is 1. The van der Waals surface area contributed by atoms with Crippen LogP contribution in [0.3, 0.4) is 0 Å². The number of carbonyl (C=O) groups excluding carboxylic acids is 1. The van der Waals surface area contributed by atoms with Crippen LogP contribution in [0.5, 0.6) is 5.75 Å². The molecule has 1 amide bonds. The van der Waals surface area contributed by atoms with Crippen LogP contribution in [-0.4, -0.2) is 78.7 Å². The lowest BCUT2D eigenvalue weighted by Crippen LogP contribution is -2.50. The quantitative estimate of drug-likeness (QED) is 0.608. The topological polar surface area (TPSA) is 107 Å². The van der Waals surface area contributed by atoms with Gasteiger partial charge in [-0.25, -0.2) is 8.42 Å². The second-order valence-electron chi connectivity index (χ2n) is 8.90. The van der Waals surface area contributed by atoms with Crippen LogP contribution in [0.4, 0.5) is 0 Å². The Bertz CT molecular complexity index is 1200. The predicted molar refractivity (Wildman–Crippen MR) is 132 cm³/mol. The summed E-state index contributed by atoms with van der Waals surface area (Å²) in [5.41, 5.74) is 1.03. The Hall–Kier alpha value is -2.90. The van der Waals surface area contributed by atoms with Crippen molar-refractivity contribution >= 4 is 15.9 Å². The van der Waals surface area contributed by atoms with Crippen molar-refractivity contribution in [3.8, 4) is 17.6 Å². The molecule has 4 atom stereocenters. The van der Waals surface area contributed by atoms with Crippen molar-refractivity contribution in [2.45, 2.75) is 43.9 Å². The summed E-state index contributed by atoms with van der Waals surface area (Å²) in [7, 11) is -2.29. The van der Waals surface area contributed by atoms with Crippen molar-refractivity contribution in [2.24, 2.45) is 5.92 Å².